The van der Waals surface area contributed by atoms with Gasteiger partial charge in [-0.1, -0.05) is 20.8 Å². The van der Waals surface area contributed by atoms with E-state index in [2.05, 4.69) is 0 Å². The zero-order valence-corrected chi connectivity index (χ0v) is 14.8. The lowest BCUT2D eigenvalue weighted by molar-refractivity contribution is -0.122. The van der Waals surface area contributed by atoms with Gasteiger partial charge < -0.3 is 9.64 Å². The fraction of sp³-hybridized carbons (Fsp3) is 0.556. The van der Waals surface area contributed by atoms with Crippen LogP contribution in [0.4, 0.5) is 5.69 Å². The summed E-state index contributed by atoms with van der Waals surface area (Å²) in [5.74, 6) is 0.668. The summed E-state index contributed by atoms with van der Waals surface area (Å²) in [6.45, 7) is 6.88. The number of alkyl halides is 1. The van der Waals surface area contributed by atoms with Crippen LogP contribution in [0.1, 0.15) is 39.2 Å². The van der Waals surface area contributed by atoms with Crippen LogP contribution in [-0.2, 0) is 16.0 Å². The Labute approximate surface area is 142 Å². The van der Waals surface area contributed by atoms with Crippen LogP contribution in [0.25, 0.3) is 0 Å². The molecule has 0 spiro atoms. The van der Waals surface area contributed by atoms with E-state index in [1.807, 2.05) is 39.0 Å². The van der Waals surface area contributed by atoms with Crippen LogP contribution in [0.2, 0.25) is 0 Å². The number of hydrogen-bond acceptors (Lipinski definition) is 3. The lowest BCUT2D eigenvalue weighted by atomic mass is 9.90. The first-order valence-corrected chi connectivity index (χ1v) is 8.47. The molecule has 5 heteroatoms. The van der Waals surface area contributed by atoms with E-state index < -0.39 is 0 Å². The average Bonchev–Trinajstić information content (AvgIpc) is 2.49. The molecule has 0 aliphatic carbocycles. The lowest BCUT2D eigenvalue weighted by Crippen LogP contribution is -2.36. The van der Waals surface area contributed by atoms with E-state index in [1.165, 1.54) is 0 Å². The van der Waals surface area contributed by atoms with Gasteiger partial charge in [-0.3, -0.25) is 9.59 Å². The molecule has 0 saturated heterocycles. The smallest absolute Gasteiger partial charge is 0.241 e. The predicted octanol–water partition coefficient (Wildman–Crippen LogP) is 3.59. The highest BCUT2D eigenvalue weighted by Crippen LogP contribution is 2.31. The third-order valence-electron chi connectivity index (χ3n) is 3.71. The van der Waals surface area contributed by atoms with E-state index in [9.17, 15) is 9.59 Å². The number of benzene rings is 1. The van der Waals surface area contributed by atoms with Crippen molar-refractivity contribution in [3.8, 4) is 5.75 Å². The van der Waals surface area contributed by atoms with Gasteiger partial charge in [0.1, 0.15) is 18.2 Å². The molecule has 0 radical (unpaired) electrons. The molecule has 1 aromatic carbocycles. The Morgan fingerprint density at radius 3 is 2.70 bits per heavy atom. The van der Waals surface area contributed by atoms with Gasteiger partial charge in [0.05, 0.1) is 0 Å². The summed E-state index contributed by atoms with van der Waals surface area (Å²) in [5, 5.41) is 0. The third kappa shape index (κ3) is 4.96. The Morgan fingerprint density at radius 2 is 2.04 bits per heavy atom. The van der Waals surface area contributed by atoms with Crippen LogP contribution in [0.15, 0.2) is 18.2 Å². The first-order valence-electron chi connectivity index (χ1n) is 7.94. The number of ether oxygens (including phenoxy) is 1. The van der Waals surface area contributed by atoms with Crippen molar-refractivity contribution in [3.63, 3.8) is 0 Å². The minimum atomic E-state index is -0.0818. The number of anilines is 1. The first-order chi connectivity index (χ1) is 10.8. The summed E-state index contributed by atoms with van der Waals surface area (Å²) in [7, 11) is 0. The number of amides is 1. The van der Waals surface area contributed by atoms with Crippen LogP contribution in [0, 0.1) is 5.41 Å². The van der Waals surface area contributed by atoms with Crippen molar-refractivity contribution in [2.45, 2.75) is 40.0 Å². The van der Waals surface area contributed by atoms with E-state index >= 15 is 0 Å². The maximum absolute atomic E-state index is 11.9. The van der Waals surface area contributed by atoms with Crippen LogP contribution in [0.5, 0.6) is 5.75 Å². The van der Waals surface area contributed by atoms with Crippen LogP contribution in [0.3, 0.4) is 0 Å². The summed E-state index contributed by atoms with van der Waals surface area (Å²) < 4.78 is 5.62. The summed E-state index contributed by atoms with van der Waals surface area (Å²) >= 11 is 5.67. The number of carbonyl (C=O) groups is 2. The predicted molar refractivity (Wildman–Crippen MR) is 92.4 cm³/mol. The van der Waals surface area contributed by atoms with Crippen molar-refractivity contribution in [1.29, 1.82) is 0 Å². The van der Waals surface area contributed by atoms with Crippen molar-refractivity contribution >= 4 is 29.0 Å². The molecule has 1 aromatic rings. The maximum Gasteiger partial charge on any atom is 0.241 e. The molecule has 23 heavy (non-hydrogen) atoms. The monoisotopic (exact) mass is 337 g/mol. The molecule has 1 aliphatic heterocycles. The molecule has 0 N–H and O–H groups in total. The van der Waals surface area contributed by atoms with Gasteiger partial charge in [-0.2, -0.15) is 0 Å². The molecular weight excluding hydrogens is 314 g/mol. The van der Waals surface area contributed by atoms with Crippen molar-refractivity contribution in [1.82, 2.24) is 0 Å². The number of halogens is 1. The van der Waals surface area contributed by atoms with E-state index in [4.69, 9.17) is 16.3 Å². The Hall–Kier alpha value is -1.55. The Bertz CT molecular complexity index is 592. The van der Waals surface area contributed by atoms with Crippen molar-refractivity contribution < 1.29 is 14.3 Å². The molecular formula is C18H24ClNO3. The quantitative estimate of drug-likeness (QED) is 0.771. The average molecular weight is 338 g/mol. The number of rotatable bonds is 5. The highest BCUT2D eigenvalue weighted by Gasteiger charge is 2.22. The summed E-state index contributed by atoms with van der Waals surface area (Å²) in [5.41, 5.74) is 1.93. The molecule has 1 amide bonds. The Balaban J connectivity index is 2.04. The number of fused-ring (bicyclic) bond motifs is 1. The first kappa shape index (κ1) is 17.8. The second-order valence-electron chi connectivity index (χ2n) is 7.14. The third-order valence-corrected chi connectivity index (χ3v) is 3.94. The van der Waals surface area contributed by atoms with Crippen molar-refractivity contribution in [2.24, 2.45) is 5.41 Å². The molecule has 126 valence electrons. The topological polar surface area (TPSA) is 46.6 Å². The van der Waals surface area contributed by atoms with Crippen LogP contribution < -0.4 is 9.64 Å². The summed E-state index contributed by atoms with van der Waals surface area (Å²) in [6.07, 6.45) is 2.30. The van der Waals surface area contributed by atoms with Gasteiger partial charge >= 0.3 is 0 Å². The summed E-state index contributed by atoms with van der Waals surface area (Å²) in [4.78, 5) is 25.5. The SMILES string of the molecule is CC(C)(C)CC(=O)COc1ccc2c(c1)CCCN2C(=O)CCl. The molecule has 4 nitrogen and oxygen atoms in total. The fourth-order valence-electron chi connectivity index (χ4n) is 2.80. The lowest BCUT2D eigenvalue weighted by Gasteiger charge is -2.29. The summed E-state index contributed by atoms with van der Waals surface area (Å²) in [6, 6.07) is 5.61. The minimum Gasteiger partial charge on any atom is -0.486 e. The van der Waals surface area contributed by atoms with E-state index in [-0.39, 0.29) is 29.6 Å². The van der Waals surface area contributed by atoms with Gasteiger partial charge in [-0.05, 0) is 42.0 Å². The number of aryl methyl sites for hydroxylation is 1. The fourth-order valence-corrected chi connectivity index (χ4v) is 2.95. The standard InChI is InChI=1S/C18H24ClNO3/c1-18(2,3)10-14(21)12-23-15-6-7-16-13(9-15)5-4-8-20(16)17(22)11-19/h6-7,9H,4-5,8,10-12H2,1-3H3. The molecule has 0 bridgehead atoms. The molecule has 0 fully saturated rings. The number of carbonyl (C=O) groups excluding carboxylic acids is 2. The van der Waals surface area contributed by atoms with Gasteiger partial charge in [0, 0.05) is 18.7 Å². The Morgan fingerprint density at radius 1 is 1.30 bits per heavy atom. The van der Waals surface area contributed by atoms with Crippen LogP contribution in [-0.4, -0.2) is 30.7 Å². The number of ketones is 1. The van der Waals surface area contributed by atoms with Crippen molar-refractivity contribution in [3.05, 3.63) is 23.8 Å². The van der Waals surface area contributed by atoms with E-state index in [0.717, 1.165) is 24.1 Å². The molecule has 0 saturated carbocycles. The highest BCUT2D eigenvalue weighted by atomic mass is 35.5. The van der Waals surface area contributed by atoms with Gasteiger partial charge in [0.15, 0.2) is 5.78 Å². The van der Waals surface area contributed by atoms with Gasteiger partial charge in [0.25, 0.3) is 0 Å². The van der Waals surface area contributed by atoms with Gasteiger partial charge in [0.2, 0.25) is 5.91 Å². The zero-order chi connectivity index (χ0) is 17.0. The molecule has 0 aromatic heterocycles. The second-order valence-corrected chi connectivity index (χ2v) is 7.41. The number of hydrogen-bond donors (Lipinski definition) is 0. The van der Waals surface area contributed by atoms with Crippen molar-refractivity contribution in [2.75, 3.05) is 23.9 Å². The maximum atomic E-state index is 11.9. The second kappa shape index (κ2) is 7.35. The number of Topliss-reactive ketones (excluding diaryl/α,β-unsaturated/α-hetero) is 1. The highest BCUT2D eigenvalue weighted by molar-refractivity contribution is 6.29. The largest absolute Gasteiger partial charge is 0.486 e. The molecule has 1 aliphatic rings. The Kier molecular flexibility index (Phi) is 5.69. The van der Waals surface area contributed by atoms with Gasteiger partial charge in [-0.15, -0.1) is 11.6 Å². The molecule has 2 rings (SSSR count). The molecule has 0 unspecified atom stereocenters. The molecule has 1 heterocycles. The van der Waals surface area contributed by atoms with Crippen LogP contribution >= 0.6 is 11.6 Å². The van der Waals surface area contributed by atoms with Gasteiger partial charge in [-0.25, -0.2) is 0 Å². The molecule has 0 atom stereocenters. The minimum absolute atomic E-state index is 0.0149. The van der Waals surface area contributed by atoms with E-state index in [1.54, 1.807) is 4.90 Å². The normalized spacial score (nSPS) is 14.3. The zero-order valence-electron chi connectivity index (χ0n) is 14.0. The number of nitrogens with zero attached hydrogens (tertiary/aromatic N) is 1. The van der Waals surface area contributed by atoms with E-state index in [0.29, 0.717) is 18.7 Å².